The van der Waals surface area contributed by atoms with Crippen molar-refractivity contribution in [2.45, 2.75) is 19.3 Å². The maximum Gasteiger partial charge on any atom is 0.293 e. The van der Waals surface area contributed by atoms with Gasteiger partial charge >= 0.3 is 0 Å². The van der Waals surface area contributed by atoms with Gasteiger partial charge in [0, 0.05) is 30.6 Å². The Morgan fingerprint density at radius 1 is 1.15 bits per heavy atom. The maximum atomic E-state index is 12.2. The molecule has 1 aliphatic rings. The Morgan fingerprint density at radius 3 is 2.54 bits per heavy atom. The van der Waals surface area contributed by atoms with E-state index in [-0.39, 0.29) is 11.3 Å². The molecule has 0 atom stereocenters. The summed E-state index contributed by atoms with van der Waals surface area (Å²) in [5, 5.41) is 11.2. The van der Waals surface area contributed by atoms with Gasteiger partial charge in [-0.15, -0.1) is 11.3 Å². The van der Waals surface area contributed by atoms with E-state index >= 15 is 0 Å². The van der Waals surface area contributed by atoms with E-state index in [1.807, 2.05) is 6.07 Å². The quantitative estimate of drug-likeness (QED) is 0.631. The minimum Gasteiger partial charge on any atom is -0.372 e. The van der Waals surface area contributed by atoms with Crippen LogP contribution < -0.4 is 15.8 Å². The maximum absolute atomic E-state index is 12.2. The van der Waals surface area contributed by atoms with Crippen LogP contribution >= 0.6 is 11.3 Å². The number of amides is 2. The minimum atomic E-state index is -0.615. The molecule has 0 saturated carbocycles. The molecular formula is C17H18N4O4S. The normalized spacial score (nSPS) is 12.4. The Morgan fingerprint density at radius 2 is 1.88 bits per heavy atom. The fraction of sp³-hybridized carbons (Fsp3) is 0.294. The molecule has 0 aliphatic heterocycles. The molecule has 1 aliphatic carbocycles. The van der Waals surface area contributed by atoms with Gasteiger partial charge in [-0.3, -0.25) is 30.6 Å². The average molecular weight is 374 g/mol. The molecule has 0 spiro atoms. The second-order valence-electron chi connectivity index (χ2n) is 6.18. The molecule has 1 heterocycles. The van der Waals surface area contributed by atoms with Crippen LogP contribution in [0.4, 0.5) is 11.4 Å². The predicted molar refractivity (Wildman–Crippen MR) is 98.7 cm³/mol. The van der Waals surface area contributed by atoms with Crippen molar-refractivity contribution in [3.63, 3.8) is 0 Å². The van der Waals surface area contributed by atoms with E-state index in [2.05, 4.69) is 10.9 Å². The Labute approximate surface area is 153 Å². The summed E-state index contributed by atoms with van der Waals surface area (Å²) in [4.78, 5) is 38.4. The third-order valence-electron chi connectivity index (χ3n) is 4.18. The molecule has 2 amide bonds. The highest BCUT2D eigenvalue weighted by molar-refractivity contribution is 7.14. The third-order valence-corrected chi connectivity index (χ3v) is 5.41. The van der Waals surface area contributed by atoms with Crippen LogP contribution in [-0.2, 0) is 12.8 Å². The standard InChI is InChI=1S/C17H18N4O4S/c1-20(2)12-7-6-11(8-13(12)21(24)25)16(22)18-19-17(23)15-9-10-4-3-5-14(10)26-15/h6-9H,3-5H2,1-2H3,(H,18,22)(H,19,23). The minimum absolute atomic E-state index is 0.0938. The second-order valence-corrected chi connectivity index (χ2v) is 7.31. The van der Waals surface area contributed by atoms with E-state index in [9.17, 15) is 19.7 Å². The predicted octanol–water partition coefficient (Wildman–Crippen LogP) is 2.29. The first-order valence-corrected chi connectivity index (χ1v) is 8.86. The fourth-order valence-corrected chi connectivity index (χ4v) is 4.03. The molecule has 3 rings (SSSR count). The number of carbonyl (C=O) groups is 2. The number of aryl methyl sites for hydroxylation is 2. The molecule has 2 aromatic rings. The van der Waals surface area contributed by atoms with E-state index in [0.29, 0.717) is 10.6 Å². The number of carbonyl (C=O) groups excluding carboxylic acids is 2. The van der Waals surface area contributed by atoms with E-state index < -0.39 is 16.7 Å². The van der Waals surface area contributed by atoms with Crippen molar-refractivity contribution in [3.05, 3.63) is 55.3 Å². The molecular weight excluding hydrogens is 356 g/mol. The van der Waals surface area contributed by atoms with Gasteiger partial charge in [-0.1, -0.05) is 0 Å². The van der Waals surface area contributed by atoms with Crippen molar-refractivity contribution in [2.75, 3.05) is 19.0 Å². The summed E-state index contributed by atoms with van der Waals surface area (Å²) in [7, 11) is 3.36. The highest BCUT2D eigenvalue weighted by Gasteiger charge is 2.21. The molecule has 136 valence electrons. The number of thiophene rings is 1. The van der Waals surface area contributed by atoms with E-state index in [1.54, 1.807) is 19.0 Å². The molecule has 0 saturated heterocycles. The lowest BCUT2D eigenvalue weighted by molar-refractivity contribution is -0.384. The van der Waals surface area contributed by atoms with Crippen molar-refractivity contribution < 1.29 is 14.5 Å². The summed E-state index contributed by atoms with van der Waals surface area (Å²) < 4.78 is 0. The van der Waals surface area contributed by atoms with Crippen LogP contribution in [0.1, 0.15) is 36.9 Å². The van der Waals surface area contributed by atoms with Gasteiger partial charge in [0.05, 0.1) is 9.80 Å². The smallest absolute Gasteiger partial charge is 0.293 e. The van der Waals surface area contributed by atoms with Gasteiger partial charge in [-0.2, -0.15) is 0 Å². The number of nitrogens with one attached hydrogen (secondary N) is 2. The number of hydrogen-bond donors (Lipinski definition) is 2. The molecule has 0 unspecified atom stereocenters. The largest absolute Gasteiger partial charge is 0.372 e. The van der Waals surface area contributed by atoms with Crippen LogP contribution in [-0.4, -0.2) is 30.8 Å². The lowest BCUT2D eigenvalue weighted by Crippen LogP contribution is -2.41. The highest BCUT2D eigenvalue weighted by atomic mass is 32.1. The lowest BCUT2D eigenvalue weighted by atomic mass is 10.1. The highest BCUT2D eigenvalue weighted by Crippen LogP contribution is 2.30. The number of fused-ring (bicyclic) bond motifs is 1. The number of anilines is 1. The monoisotopic (exact) mass is 374 g/mol. The van der Waals surface area contributed by atoms with E-state index in [0.717, 1.165) is 19.3 Å². The number of hydrazine groups is 1. The summed E-state index contributed by atoms with van der Waals surface area (Å²) in [5.41, 5.74) is 6.18. The zero-order valence-corrected chi connectivity index (χ0v) is 15.2. The van der Waals surface area contributed by atoms with Gasteiger partial charge in [-0.25, -0.2) is 0 Å². The summed E-state index contributed by atoms with van der Waals surface area (Å²) >= 11 is 1.43. The molecule has 26 heavy (non-hydrogen) atoms. The van der Waals surface area contributed by atoms with Crippen molar-refractivity contribution in [3.8, 4) is 0 Å². The summed E-state index contributed by atoms with van der Waals surface area (Å²) in [6, 6.07) is 6.02. The average Bonchev–Trinajstić information content (AvgIpc) is 3.20. The third kappa shape index (κ3) is 3.52. The van der Waals surface area contributed by atoms with E-state index in [1.165, 1.54) is 40.0 Å². The van der Waals surface area contributed by atoms with Gasteiger partial charge in [-0.05, 0) is 43.0 Å². The topological polar surface area (TPSA) is 105 Å². The van der Waals surface area contributed by atoms with Gasteiger partial charge in [0.1, 0.15) is 5.69 Å². The van der Waals surface area contributed by atoms with Crippen molar-refractivity contribution in [2.24, 2.45) is 0 Å². The number of nitro groups is 1. The van der Waals surface area contributed by atoms with Crippen LogP contribution in [0.5, 0.6) is 0 Å². The van der Waals surface area contributed by atoms with Gasteiger partial charge in [0.25, 0.3) is 17.5 Å². The zero-order chi connectivity index (χ0) is 18.8. The second kappa shape index (κ2) is 7.12. The molecule has 2 N–H and O–H groups in total. The van der Waals surface area contributed by atoms with Gasteiger partial charge < -0.3 is 4.90 Å². The molecule has 1 aromatic heterocycles. The summed E-state index contributed by atoms with van der Waals surface area (Å²) in [5.74, 6) is -1.01. The molecule has 0 bridgehead atoms. The van der Waals surface area contributed by atoms with Gasteiger partial charge in [0.2, 0.25) is 0 Å². The van der Waals surface area contributed by atoms with Crippen LogP contribution in [0.2, 0.25) is 0 Å². The SMILES string of the molecule is CN(C)c1ccc(C(=O)NNC(=O)c2cc3c(s2)CCC3)cc1[N+](=O)[O-]. The number of hydrogen-bond acceptors (Lipinski definition) is 6. The van der Waals surface area contributed by atoms with Crippen LogP contribution in [0, 0.1) is 10.1 Å². The Balaban J connectivity index is 1.68. The van der Waals surface area contributed by atoms with Gasteiger partial charge in [0.15, 0.2) is 0 Å². The molecule has 0 radical (unpaired) electrons. The summed E-state index contributed by atoms with van der Waals surface area (Å²) in [6.45, 7) is 0. The van der Waals surface area contributed by atoms with Crippen LogP contribution in [0.3, 0.4) is 0 Å². The first kappa shape index (κ1) is 17.9. The molecule has 0 fully saturated rings. The Kier molecular flexibility index (Phi) is 4.90. The number of nitrogens with zero attached hydrogens (tertiary/aromatic N) is 2. The van der Waals surface area contributed by atoms with Crippen molar-refractivity contribution in [1.29, 1.82) is 0 Å². The zero-order valence-electron chi connectivity index (χ0n) is 14.4. The summed E-state index contributed by atoms with van der Waals surface area (Å²) in [6.07, 6.45) is 3.08. The molecule has 9 heteroatoms. The first-order valence-electron chi connectivity index (χ1n) is 8.05. The van der Waals surface area contributed by atoms with Crippen LogP contribution in [0.25, 0.3) is 0 Å². The number of nitro benzene ring substituents is 1. The number of benzene rings is 1. The lowest BCUT2D eigenvalue weighted by Gasteiger charge is -2.13. The first-order chi connectivity index (χ1) is 12.4. The molecule has 1 aromatic carbocycles. The van der Waals surface area contributed by atoms with E-state index in [4.69, 9.17) is 0 Å². The molecule has 8 nitrogen and oxygen atoms in total. The Hall–Kier alpha value is -2.94. The van der Waals surface area contributed by atoms with Crippen molar-refractivity contribution >= 4 is 34.5 Å². The Bertz CT molecular complexity index is 869. The van der Waals surface area contributed by atoms with Crippen molar-refractivity contribution in [1.82, 2.24) is 10.9 Å². The number of rotatable bonds is 4. The fourth-order valence-electron chi connectivity index (χ4n) is 2.88. The van der Waals surface area contributed by atoms with Crippen LogP contribution in [0.15, 0.2) is 24.3 Å².